The predicted octanol–water partition coefficient (Wildman–Crippen LogP) is 4.17. The molecule has 0 aliphatic heterocycles. The van der Waals surface area contributed by atoms with Crippen molar-refractivity contribution in [1.82, 2.24) is 0 Å². The summed E-state index contributed by atoms with van der Waals surface area (Å²) in [7, 11) is 0. The van der Waals surface area contributed by atoms with E-state index in [2.05, 4.69) is 22.1 Å². The monoisotopic (exact) mass is 338 g/mol. The molecule has 0 amide bonds. The molecule has 3 heteroatoms. The number of carbonyl (C=O) groups is 1. The minimum absolute atomic E-state index is 0.318. The average Bonchev–Trinajstić information content (AvgIpc) is 2.39. The minimum Gasteiger partial charge on any atom is -0.391 e. The van der Waals surface area contributed by atoms with Crippen LogP contribution >= 0.6 is 23.0 Å². The molecule has 2 rings (SSSR count). The average molecular weight is 338 g/mol. The van der Waals surface area contributed by atoms with Gasteiger partial charge in [-0.1, -0.05) is 36.4 Å². The Hall–Kier alpha value is -1.36. The molecule has 17 heavy (non-hydrogen) atoms. The zero-order valence-corrected chi connectivity index (χ0v) is 11.5. The molecule has 0 spiro atoms. The first kappa shape index (κ1) is 12.1. The van der Waals surface area contributed by atoms with Gasteiger partial charge < -0.3 is 3.07 Å². The van der Waals surface area contributed by atoms with E-state index in [0.29, 0.717) is 5.56 Å². The minimum atomic E-state index is -0.318. The third-order valence-electron chi connectivity index (χ3n) is 2.65. The van der Waals surface area contributed by atoms with E-state index < -0.39 is 0 Å². The lowest BCUT2D eigenvalue weighted by molar-refractivity contribution is 0.0800. The first-order valence-corrected chi connectivity index (χ1v) is 6.09. The summed E-state index contributed by atoms with van der Waals surface area (Å²) in [5.41, 5.74) is 4.07. The molecule has 86 valence electrons. The number of rotatable bonds is 2. The largest absolute Gasteiger partial charge is 0.391 e. The standard InChI is InChI=1S/C14H11IO2/c1-10-4-2-3-5-13(10)11-6-8-12(9-7-11)14(16)17-15/h2-9H,1H3. The first-order valence-electron chi connectivity index (χ1n) is 5.21. The van der Waals surface area contributed by atoms with Crippen LogP contribution in [0.5, 0.6) is 0 Å². The van der Waals surface area contributed by atoms with Crippen LogP contribution in [0.25, 0.3) is 11.1 Å². The van der Waals surface area contributed by atoms with Gasteiger partial charge >= 0.3 is 5.97 Å². The normalized spacial score (nSPS) is 10.0. The Morgan fingerprint density at radius 2 is 1.71 bits per heavy atom. The van der Waals surface area contributed by atoms with Crippen molar-refractivity contribution in [2.24, 2.45) is 0 Å². The molecule has 2 aromatic rings. The van der Waals surface area contributed by atoms with Crippen molar-refractivity contribution >= 4 is 29.0 Å². The predicted molar refractivity (Wildman–Crippen MR) is 76.1 cm³/mol. The summed E-state index contributed by atoms with van der Waals surface area (Å²) in [5.74, 6) is -0.318. The molecule has 0 radical (unpaired) electrons. The molecule has 0 saturated heterocycles. The maximum atomic E-state index is 11.3. The van der Waals surface area contributed by atoms with Gasteiger partial charge in [0.25, 0.3) is 0 Å². The van der Waals surface area contributed by atoms with Crippen molar-refractivity contribution < 1.29 is 7.86 Å². The van der Waals surface area contributed by atoms with Crippen LogP contribution in [-0.2, 0) is 3.07 Å². The zero-order valence-electron chi connectivity index (χ0n) is 9.31. The topological polar surface area (TPSA) is 26.3 Å². The Bertz CT molecular complexity index is 532. The zero-order chi connectivity index (χ0) is 12.3. The van der Waals surface area contributed by atoms with Gasteiger partial charge in [-0.3, -0.25) is 0 Å². The smallest absolute Gasteiger partial charge is 0.347 e. The highest BCUT2D eigenvalue weighted by molar-refractivity contribution is 14.1. The number of carbonyl (C=O) groups excluding carboxylic acids is 1. The van der Waals surface area contributed by atoms with Crippen molar-refractivity contribution in [2.45, 2.75) is 6.92 Å². The number of hydrogen-bond acceptors (Lipinski definition) is 2. The Balaban J connectivity index is 2.36. The number of halogens is 1. The third-order valence-corrected chi connectivity index (χ3v) is 3.05. The van der Waals surface area contributed by atoms with E-state index >= 15 is 0 Å². The third kappa shape index (κ3) is 2.66. The number of hydrogen-bond donors (Lipinski definition) is 0. The fourth-order valence-electron chi connectivity index (χ4n) is 1.73. The molecular formula is C14H11IO2. The molecule has 0 aromatic heterocycles. The van der Waals surface area contributed by atoms with E-state index in [1.807, 2.05) is 24.3 Å². The van der Waals surface area contributed by atoms with Gasteiger partial charge in [-0.2, -0.15) is 0 Å². The summed E-state index contributed by atoms with van der Waals surface area (Å²) in [5, 5.41) is 0. The molecule has 0 saturated carbocycles. The van der Waals surface area contributed by atoms with Gasteiger partial charge in [-0.25, -0.2) is 4.79 Å². The van der Waals surface area contributed by atoms with E-state index in [-0.39, 0.29) is 5.97 Å². The Morgan fingerprint density at radius 1 is 1.06 bits per heavy atom. The van der Waals surface area contributed by atoms with E-state index in [4.69, 9.17) is 0 Å². The van der Waals surface area contributed by atoms with Crippen LogP contribution in [-0.4, -0.2) is 5.97 Å². The second-order valence-electron chi connectivity index (χ2n) is 3.76. The lowest BCUT2D eigenvalue weighted by Gasteiger charge is -2.06. The molecule has 0 atom stereocenters. The number of benzene rings is 2. The van der Waals surface area contributed by atoms with E-state index in [9.17, 15) is 4.79 Å². The second kappa shape index (κ2) is 5.31. The van der Waals surface area contributed by atoms with Crippen molar-refractivity contribution in [3.05, 3.63) is 59.7 Å². The molecule has 0 heterocycles. The summed E-state index contributed by atoms with van der Waals surface area (Å²) >= 11 is 1.59. The molecule has 0 bridgehead atoms. The summed E-state index contributed by atoms with van der Waals surface area (Å²) in [4.78, 5) is 11.3. The molecule has 0 aliphatic carbocycles. The fraction of sp³-hybridized carbons (Fsp3) is 0.0714. The van der Waals surface area contributed by atoms with E-state index in [1.54, 1.807) is 35.1 Å². The quantitative estimate of drug-likeness (QED) is 0.769. The highest BCUT2D eigenvalue weighted by atomic mass is 127. The van der Waals surface area contributed by atoms with Crippen LogP contribution in [0.2, 0.25) is 0 Å². The SMILES string of the molecule is Cc1ccccc1-c1ccc(C(=O)OI)cc1. The van der Waals surface area contributed by atoms with Crippen LogP contribution in [0.15, 0.2) is 48.5 Å². The van der Waals surface area contributed by atoms with Gasteiger partial charge in [-0.05, 0) is 35.7 Å². The molecule has 0 unspecified atom stereocenters. The van der Waals surface area contributed by atoms with Crippen LogP contribution in [0.3, 0.4) is 0 Å². The van der Waals surface area contributed by atoms with Crippen molar-refractivity contribution in [1.29, 1.82) is 0 Å². The molecule has 0 fully saturated rings. The van der Waals surface area contributed by atoms with Gasteiger partial charge in [0.2, 0.25) is 0 Å². The van der Waals surface area contributed by atoms with Crippen molar-refractivity contribution in [3.63, 3.8) is 0 Å². The molecule has 2 aromatic carbocycles. The van der Waals surface area contributed by atoms with Gasteiger partial charge in [0, 0.05) is 0 Å². The van der Waals surface area contributed by atoms with E-state index in [1.165, 1.54) is 11.1 Å². The molecule has 2 nitrogen and oxygen atoms in total. The maximum absolute atomic E-state index is 11.3. The number of aryl methyl sites for hydroxylation is 1. The Kier molecular flexibility index (Phi) is 3.78. The van der Waals surface area contributed by atoms with Crippen LogP contribution in [0.4, 0.5) is 0 Å². The van der Waals surface area contributed by atoms with Gasteiger partial charge in [0.05, 0.1) is 5.56 Å². The summed E-state index contributed by atoms with van der Waals surface area (Å²) in [6.45, 7) is 2.07. The Morgan fingerprint density at radius 3 is 2.29 bits per heavy atom. The fourth-order valence-corrected chi connectivity index (χ4v) is 1.98. The molecule has 0 N–H and O–H groups in total. The van der Waals surface area contributed by atoms with Gasteiger partial charge in [0.1, 0.15) is 0 Å². The second-order valence-corrected chi connectivity index (χ2v) is 4.20. The molecule has 0 aliphatic rings. The van der Waals surface area contributed by atoms with Crippen molar-refractivity contribution in [2.75, 3.05) is 0 Å². The van der Waals surface area contributed by atoms with Crippen LogP contribution in [0, 0.1) is 6.92 Å². The van der Waals surface area contributed by atoms with Crippen LogP contribution in [0.1, 0.15) is 15.9 Å². The highest BCUT2D eigenvalue weighted by Gasteiger charge is 2.06. The summed E-state index contributed by atoms with van der Waals surface area (Å²) in [6.07, 6.45) is 0. The van der Waals surface area contributed by atoms with E-state index in [0.717, 1.165) is 5.56 Å². The maximum Gasteiger partial charge on any atom is 0.347 e. The van der Waals surface area contributed by atoms with Gasteiger partial charge in [0.15, 0.2) is 23.0 Å². The lowest BCUT2D eigenvalue weighted by atomic mass is 10.00. The summed E-state index contributed by atoms with van der Waals surface area (Å²) in [6, 6.07) is 15.6. The van der Waals surface area contributed by atoms with Crippen LogP contribution < -0.4 is 0 Å². The lowest BCUT2D eigenvalue weighted by Crippen LogP contribution is -1.96. The first-order chi connectivity index (χ1) is 8.22. The summed E-state index contributed by atoms with van der Waals surface area (Å²) < 4.78 is 4.64. The molecular weight excluding hydrogens is 327 g/mol. The Labute approximate surface area is 114 Å². The highest BCUT2D eigenvalue weighted by Crippen LogP contribution is 2.23. The van der Waals surface area contributed by atoms with Crippen molar-refractivity contribution in [3.8, 4) is 11.1 Å². The van der Waals surface area contributed by atoms with Gasteiger partial charge in [-0.15, -0.1) is 0 Å².